The Kier molecular flexibility index (Phi) is 4.95. The smallest absolute Gasteiger partial charge is 0.340 e. The van der Waals surface area contributed by atoms with E-state index < -0.39 is 0 Å². The van der Waals surface area contributed by atoms with Crippen LogP contribution < -0.4 is 0 Å². The van der Waals surface area contributed by atoms with Gasteiger partial charge in [-0.25, -0.2) is 4.79 Å². The Balaban J connectivity index is 3.22. The first-order valence-corrected chi connectivity index (χ1v) is 6.08. The molecule has 18 heavy (non-hydrogen) atoms. The topological polar surface area (TPSA) is 29.5 Å². The van der Waals surface area contributed by atoms with Crippen LogP contribution in [0.1, 0.15) is 23.6 Å². The quantitative estimate of drug-likeness (QED) is 0.605. The fraction of sp³-hybridized carbons (Fsp3) is 0.400. The molecule has 0 bridgehead atoms. The van der Waals surface area contributed by atoms with Crippen molar-refractivity contribution in [2.75, 3.05) is 20.7 Å². The molecule has 0 N–H and O–H groups in total. The molecule has 0 aliphatic carbocycles. The van der Waals surface area contributed by atoms with Crippen molar-refractivity contribution in [2.45, 2.75) is 20.8 Å². The minimum absolute atomic E-state index is 0.279. The first kappa shape index (κ1) is 14.3. The van der Waals surface area contributed by atoms with E-state index in [4.69, 9.17) is 4.74 Å². The largest absolute Gasteiger partial charge is 0.462 e. The molecular weight excluding hydrogens is 226 g/mol. The standard InChI is InChI=1S/C15H21NO2/c1-6-18-15(17)14(10-16(4)5)13-8-7-11(2)9-12(13)3/h7-10H,6H2,1-5H3/b14-10-. The lowest BCUT2D eigenvalue weighted by Gasteiger charge is -2.14. The Labute approximate surface area is 109 Å². The minimum Gasteiger partial charge on any atom is -0.462 e. The number of benzene rings is 1. The normalized spacial score (nSPS) is 11.3. The van der Waals surface area contributed by atoms with Gasteiger partial charge in [-0.1, -0.05) is 23.8 Å². The summed E-state index contributed by atoms with van der Waals surface area (Å²) < 4.78 is 5.11. The van der Waals surface area contributed by atoms with E-state index in [1.54, 1.807) is 6.20 Å². The molecule has 0 saturated heterocycles. The van der Waals surface area contributed by atoms with E-state index in [1.807, 2.05) is 51.9 Å². The maximum absolute atomic E-state index is 12.0. The van der Waals surface area contributed by atoms with Crippen LogP contribution in [0.2, 0.25) is 0 Å². The molecule has 0 spiro atoms. The lowest BCUT2D eigenvalue weighted by Crippen LogP contribution is -2.12. The second kappa shape index (κ2) is 6.24. The fourth-order valence-electron chi connectivity index (χ4n) is 1.82. The zero-order valence-electron chi connectivity index (χ0n) is 11.8. The van der Waals surface area contributed by atoms with Crippen LogP contribution in [0.15, 0.2) is 24.4 Å². The Hall–Kier alpha value is -1.77. The fourth-order valence-corrected chi connectivity index (χ4v) is 1.82. The van der Waals surface area contributed by atoms with Crippen LogP contribution in [0, 0.1) is 13.8 Å². The van der Waals surface area contributed by atoms with Crippen molar-refractivity contribution in [2.24, 2.45) is 0 Å². The van der Waals surface area contributed by atoms with Crippen molar-refractivity contribution in [3.05, 3.63) is 41.1 Å². The van der Waals surface area contributed by atoms with E-state index in [1.165, 1.54) is 5.56 Å². The first-order chi connectivity index (χ1) is 8.45. The molecule has 1 aromatic carbocycles. The third-order valence-corrected chi connectivity index (χ3v) is 2.55. The van der Waals surface area contributed by atoms with Crippen molar-refractivity contribution >= 4 is 11.5 Å². The number of rotatable bonds is 4. The maximum Gasteiger partial charge on any atom is 0.340 e. The van der Waals surface area contributed by atoms with Crippen LogP contribution in [0.4, 0.5) is 0 Å². The van der Waals surface area contributed by atoms with Gasteiger partial charge in [0.25, 0.3) is 0 Å². The van der Waals surface area contributed by atoms with E-state index in [0.29, 0.717) is 12.2 Å². The molecule has 0 unspecified atom stereocenters. The second-order valence-corrected chi connectivity index (χ2v) is 4.55. The Morgan fingerprint density at radius 2 is 2.00 bits per heavy atom. The van der Waals surface area contributed by atoms with Crippen molar-refractivity contribution in [1.82, 2.24) is 4.90 Å². The molecule has 0 saturated carbocycles. The maximum atomic E-state index is 12.0. The Bertz CT molecular complexity index is 462. The average Bonchev–Trinajstić information content (AvgIpc) is 2.26. The predicted octanol–water partition coefficient (Wildman–Crippen LogP) is 2.77. The van der Waals surface area contributed by atoms with Crippen LogP contribution in [-0.2, 0) is 9.53 Å². The molecule has 0 radical (unpaired) electrons. The third kappa shape index (κ3) is 3.62. The van der Waals surface area contributed by atoms with Crippen LogP contribution in [0.25, 0.3) is 5.57 Å². The number of ether oxygens (including phenoxy) is 1. The van der Waals surface area contributed by atoms with E-state index >= 15 is 0 Å². The number of hydrogen-bond donors (Lipinski definition) is 0. The summed E-state index contributed by atoms with van der Waals surface area (Å²) >= 11 is 0. The monoisotopic (exact) mass is 247 g/mol. The molecule has 0 amide bonds. The minimum atomic E-state index is -0.279. The molecule has 0 heterocycles. The van der Waals surface area contributed by atoms with Crippen LogP contribution in [-0.4, -0.2) is 31.6 Å². The van der Waals surface area contributed by atoms with Gasteiger partial charge in [0, 0.05) is 20.3 Å². The highest BCUT2D eigenvalue weighted by atomic mass is 16.5. The number of carbonyl (C=O) groups excluding carboxylic acids is 1. The van der Waals surface area contributed by atoms with Gasteiger partial charge >= 0.3 is 5.97 Å². The molecule has 98 valence electrons. The molecule has 3 nitrogen and oxygen atoms in total. The van der Waals surface area contributed by atoms with E-state index in [0.717, 1.165) is 11.1 Å². The Morgan fingerprint density at radius 3 is 2.50 bits per heavy atom. The van der Waals surface area contributed by atoms with Gasteiger partial charge in [0.15, 0.2) is 0 Å². The molecule has 0 aromatic heterocycles. The predicted molar refractivity (Wildman–Crippen MR) is 74.2 cm³/mol. The summed E-state index contributed by atoms with van der Waals surface area (Å²) in [4.78, 5) is 13.9. The number of carbonyl (C=O) groups is 1. The van der Waals surface area contributed by atoms with Gasteiger partial charge in [0.05, 0.1) is 12.2 Å². The van der Waals surface area contributed by atoms with Crippen molar-refractivity contribution in [3.63, 3.8) is 0 Å². The van der Waals surface area contributed by atoms with Gasteiger partial charge in [0.1, 0.15) is 0 Å². The summed E-state index contributed by atoms with van der Waals surface area (Å²) in [7, 11) is 3.78. The molecule has 0 aliphatic rings. The van der Waals surface area contributed by atoms with Gasteiger partial charge in [0.2, 0.25) is 0 Å². The lowest BCUT2D eigenvalue weighted by atomic mass is 9.99. The average molecular weight is 247 g/mol. The molecule has 0 aliphatic heterocycles. The summed E-state index contributed by atoms with van der Waals surface area (Å²) in [6.45, 7) is 6.24. The third-order valence-electron chi connectivity index (χ3n) is 2.55. The highest BCUT2D eigenvalue weighted by Gasteiger charge is 2.15. The van der Waals surface area contributed by atoms with Gasteiger partial charge in [-0.05, 0) is 31.9 Å². The SMILES string of the molecule is CCOC(=O)/C(=C\N(C)C)c1ccc(C)cc1C. The zero-order chi connectivity index (χ0) is 13.7. The Morgan fingerprint density at radius 1 is 1.33 bits per heavy atom. The van der Waals surface area contributed by atoms with Crippen molar-refractivity contribution in [3.8, 4) is 0 Å². The summed E-state index contributed by atoms with van der Waals surface area (Å²) in [6, 6.07) is 6.04. The summed E-state index contributed by atoms with van der Waals surface area (Å²) in [5, 5.41) is 0. The van der Waals surface area contributed by atoms with Crippen molar-refractivity contribution < 1.29 is 9.53 Å². The zero-order valence-corrected chi connectivity index (χ0v) is 11.8. The number of aryl methyl sites for hydroxylation is 2. The number of hydrogen-bond acceptors (Lipinski definition) is 3. The highest BCUT2D eigenvalue weighted by molar-refractivity contribution is 6.16. The van der Waals surface area contributed by atoms with E-state index in [-0.39, 0.29) is 5.97 Å². The van der Waals surface area contributed by atoms with E-state index in [2.05, 4.69) is 6.07 Å². The van der Waals surface area contributed by atoms with Crippen LogP contribution >= 0.6 is 0 Å². The summed E-state index contributed by atoms with van der Waals surface area (Å²) in [5.41, 5.74) is 3.78. The molecule has 0 fully saturated rings. The van der Waals surface area contributed by atoms with Gasteiger partial charge in [-0.15, -0.1) is 0 Å². The molecule has 0 atom stereocenters. The lowest BCUT2D eigenvalue weighted by molar-refractivity contribution is -0.136. The molecule has 1 rings (SSSR count). The molecular formula is C15H21NO2. The second-order valence-electron chi connectivity index (χ2n) is 4.55. The highest BCUT2D eigenvalue weighted by Crippen LogP contribution is 2.21. The summed E-state index contributed by atoms with van der Waals surface area (Å²) in [5.74, 6) is -0.279. The van der Waals surface area contributed by atoms with E-state index in [9.17, 15) is 4.79 Å². The number of esters is 1. The van der Waals surface area contributed by atoms with Gasteiger partial charge < -0.3 is 9.64 Å². The van der Waals surface area contributed by atoms with Crippen LogP contribution in [0.3, 0.4) is 0 Å². The molecule has 3 heteroatoms. The van der Waals surface area contributed by atoms with Crippen LogP contribution in [0.5, 0.6) is 0 Å². The number of nitrogens with zero attached hydrogens (tertiary/aromatic N) is 1. The first-order valence-electron chi connectivity index (χ1n) is 6.08. The summed E-state index contributed by atoms with van der Waals surface area (Å²) in [6.07, 6.45) is 1.80. The van der Waals surface area contributed by atoms with Gasteiger partial charge in [-0.2, -0.15) is 0 Å². The molecule has 1 aromatic rings. The van der Waals surface area contributed by atoms with Gasteiger partial charge in [-0.3, -0.25) is 0 Å². The van der Waals surface area contributed by atoms with Crippen molar-refractivity contribution in [1.29, 1.82) is 0 Å².